The number of rotatable bonds is 7. The minimum Gasteiger partial charge on any atom is -0.454 e. The summed E-state index contributed by atoms with van der Waals surface area (Å²) < 4.78 is 12.7. The van der Waals surface area contributed by atoms with Crippen LogP contribution >= 0.6 is 11.8 Å². The van der Waals surface area contributed by atoms with Gasteiger partial charge in [0, 0.05) is 35.8 Å². The Morgan fingerprint density at radius 3 is 2.97 bits per heavy atom. The van der Waals surface area contributed by atoms with Gasteiger partial charge in [0.1, 0.15) is 0 Å². The predicted octanol–water partition coefficient (Wildman–Crippen LogP) is 3.58. The fourth-order valence-electron chi connectivity index (χ4n) is 3.57. The van der Waals surface area contributed by atoms with E-state index >= 15 is 0 Å². The number of benzene rings is 2. The maximum Gasteiger partial charge on any atom is 0.231 e. The lowest BCUT2D eigenvalue weighted by atomic mass is 10.1. The number of amides is 1. The summed E-state index contributed by atoms with van der Waals surface area (Å²) >= 11 is 1.38. The summed E-state index contributed by atoms with van der Waals surface area (Å²) in [5.41, 5.74) is 3.02. The summed E-state index contributed by atoms with van der Waals surface area (Å²) in [5.74, 6) is 2.43. The third kappa shape index (κ3) is 3.84. The van der Waals surface area contributed by atoms with Crippen molar-refractivity contribution in [2.45, 2.75) is 25.2 Å². The summed E-state index contributed by atoms with van der Waals surface area (Å²) in [5, 5.41) is 13.5. The van der Waals surface area contributed by atoms with Crippen molar-refractivity contribution in [1.29, 1.82) is 0 Å². The highest BCUT2D eigenvalue weighted by Crippen LogP contribution is 2.32. The third-order valence-corrected chi connectivity index (χ3v) is 6.09. The predicted molar refractivity (Wildman–Crippen MR) is 118 cm³/mol. The van der Waals surface area contributed by atoms with E-state index in [2.05, 4.69) is 26.6 Å². The molecular formula is C22H21N5O3S. The number of carbonyl (C=O) groups is 1. The zero-order valence-corrected chi connectivity index (χ0v) is 17.7. The minimum absolute atomic E-state index is 0.0676. The molecule has 158 valence electrons. The second-order valence-electron chi connectivity index (χ2n) is 7.05. The molecule has 5 rings (SSSR count). The van der Waals surface area contributed by atoms with Gasteiger partial charge in [-0.25, -0.2) is 0 Å². The number of hydrogen-bond acceptors (Lipinski definition) is 6. The first-order valence-electron chi connectivity index (χ1n) is 10.0. The molecular weight excluding hydrogens is 414 g/mol. The van der Waals surface area contributed by atoms with E-state index in [0.29, 0.717) is 18.8 Å². The van der Waals surface area contributed by atoms with E-state index in [1.54, 1.807) is 0 Å². The van der Waals surface area contributed by atoms with Crippen LogP contribution in [-0.4, -0.2) is 38.2 Å². The number of aromatic nitrogens is 4. The number of nitrogens with one attached hydrogen (secondary N) is 2. The Morgan fingerprint density at radius 1 is 1.19 bits per heavy atom. The van der Waals surface area contributed by atoms with Gasteiger partial charge in [-0.05, 0) is 30.7 Å². The summed E-state index contributed by atoms with van der Waals surface area (Å²) in [7, 11) is 0. The number of hydrogen-bond donors (Lipinski definition) is 2. The van der Waals surface area contributed by atoms with Crippen LogP contribution in [0.5, 0.6) is 11.5 Å². The van der Waals surface area contributed by atoms with Crippen LogP contribution in [0.25, 0.3) is 22.3 Å². The first kappa shape index (κ1) is 19.5. The Morgan fingerprint density at radius 2 is 2.06 bits per heavy atom. The van der Waals surface area contributed by atoms with Crippen molar-refractivity contribution in [2.75, 3.05) is 12.5 Å². The standard InChI is InChI=1S/C22H21N5O3S/c1-2-27-21(16-11-23-17-6-4-3-5-15(16)17)25-26-22(27)31-12-20(28)24-10-14-7-8-18-19(9-14)30-13-29-18/h3-9,11,23H,2,10,12-13H2,1H3,(H,24,28). The van der Waals surface area contributed by atoms with Crippen molar-refractivity contribution >= 4 is 28.6 Å². The molecule has 8 nitrogen and oxygen atoms in total. The molecule has 1 aliphatic rings. The van der Waals surface area contributed by atoms with Crippen molar-refractivity contribution < 1.29 is 14.3 Å². The lowest BCUT2D eigenvalue weighted by Gasteiger charge is -2.08. The number of para-hydroxylation sites is 1. The van der Waals surface area contributed by atoms with Crippen LogP contribution < -0.4 is 14.8 Å². The van der Waals surface area contributed by atoms with E-state index in [9.17, 15) is 4.79 Å². The van der Waals surface area contributed by atoms with E-state index in [1.807, 2.05) is 54.1 Å². The largest absolute Gasteiger partial charge is 0.454 e. The Balaban J connectivity index is 1.24. The molecule has 2 aromatic heterocycles. The van der Waals surface area contributed by atoms with Gasteiger partial charge < -0.3 is 24.3 Å². The lowest BCUT2D eigenvalue weighted by molar-refractivity contribution is -0.118. The molecule has 0 fully saturated rings. The van der Waals surface area contributed by atoms with Crippen molar-refractivity contribution in [2.24, 2.45) is 0 Å². The average Bonchev–Trinajstić information content (AvgIpc) is 3.53. The molecule has 0 atom stereocenters. The second kappa shape index (κ2) is 8.35. The molecule has 0 aliphatic carbocycles. The lowest BCUT2D eigenvalue weighted by Crippen LogP contribution is -2.24. The molecule has 1 aliphatic heterocycles. The van der Waals surface area contributed by atoms with E-state index in [0.717, 1.165) is 38.8 Å². The van der Waals surface area contributed by atoms with Gasteiger partial charge in [0.15, 0.2) is 22.5 Å². The molecule has 4 aromatic rings. The number of thioether (sulfide) groups is 1. The van der Waals surface area contributed by atoms with E-state index in [1.165, 1.54) is 11.8 Å². The van der Waals surface area contributed by atoms with Crippen LogP contribution in [0, 0.1) is 0 Å². The van der Waals surface area contributed by atoms with Gasteiger partial charge >= 0.3 is 0 Å². The normalized spacial score (nSPS) is 12.4. The molecule has 1 amide bonds. The maximum atomic E-state index is 12.4. The van der Waals surface area contributed by atoms with Crippen molar-refractivity contribution in [3.63, 3.8) is 0 Å². The first-order chi connectivity index (χ1) is 15.2. The zero-order chi connectivity index (χ0) is 21.2. The molecule has 2 N–H and O–H groups in total. The quantitative estimate of drug-likeness (QED) is 0.431. The van der Waals surface area contributed by atoms with Crippen LogP contribution in [0.1, 0.15) is 12.5 Å². The monoisotopic (exact) mass is 435 g/mol. The zero-order valence-electron chi connectivity index (χ0n) is 16.9. The Kier molecular flexibility index (Phi) is 5.25. The number of nitrogens with zero attached hydrogens (tertiary/aromatic N) is 3. The highest BCUT2D eigenvalue weighted by atomic mass is 32.2. The van der Waals surface area contributed by atoms with Crippen molar-refractivity contribution in [3.8, 4) is 22.9 Å². The van der Waals surface area contributed by atoms with Gasteiger partial charge in [-0.1, -0.05) is 36.0 Å². The van der Waals surface area contributed by atoms with E-state index in [-0.39, 0.29) is 18.5 Å². The van der Waals surface area contributed by atoms with Gasteiger partial charge in [0.2, 0.25) is 12.7 Å². The van der Waals surface area contributed by atoms with Gasteiger partial charge in [-0.15, -0.1) is 10.2 Å². The number of fused-ring (bicyclic) bond motifs is 2. The summed E-state index contributed by atoms with van der Waals surface area (Å²) in [6, 6.07) is 13.8. The molecule has 0 bridgehead atoms. The summed E-state index contributed by atoms with van der Waals surface area (Å²) in [4.78, 5) is 15.7. The number of ether oxygens (including phenoxy) is 2. The maximum absolute atomic E-state index is 12.4. The molecule has 9 heteroatoms. The Labute approximate surface area is 183 Å². The highest BCUT2D eigenvalue weighted by molar-refractivity contribution is 7.99. The van der Waals surface area contributed by atoms with Gasteiger partial charge in [0.25, 0.3) is 0 Å². The van der Waals surface area contributed by atoms with E-state index < -0.39 is 0 Å². The van der Waals surface area contributed by atoms with Crippen LogP contribution in [0.3, 0.4) is 0 Å². The van der Waals surface area contributed by atoms with Gasteiger partial charge in [-0.2, -0.15) is 0 Å². The van der Waals surface area contributed by atoms with Crippen molar-refractivity contribution in [3.05, 3.63) is 54.2 Å². The Bertz CT molecular complexity index is 1250. The topological polar surface area (TPSA) is 94.1 Å². The van der Waals surface area contributed by atoms with Crippen molar-refractivity contribution in [1.82, 2.24) is 25.1 Å². The molecule has 2 aromatic carbocycles. The van der Waals surface area contributed by atoms with Gasteiger partial charge in [-0.3, -0.25) is 4.79 Å². The molecule has 0 radical (unpaired) electrons. The first-order valence-corrected chi connectivity index (χ1v) is 11.0. The number of carbonyl (C=O) groups excluding carboxylic acids is 1. The summed E-state index contributed by atoms with van der Waals surface area (Å²) in [6.45, 7) is 3.42. The molecule has 0 saturated heterocycles. The van der Waals surface area contributed by atoms with Gasteiger partial charge in [0.05, 0.1) is 5.75 Å². The van der Waals surface area contributed by atoms with Crippen LogP contribution in [0.15, 0.2) is 53.8 Å². The fourth-order valence-corrected chi connectivity index (χ4v) is 4.40. The fraction of sp³-hybridized carbons (Fsp3) is 0.227. The Hall–Kier alpha value is -3.46. The molecule has 0 saturated carbocycles. The smallest absolute Gasteiger partial charge is 0.231 e. The summed E-state index contributed by atoms with van der Waals surface area (Å²) in [6.07, 6.45) is 1.95. The third-order valence-electron chi connectivity index (χ3n) is 5.12. The highest BCUT2D eigenvalue weighted by Gasteiger charge is 2.18. The second-order valence-corrected chi connectivity index (χ2v) is 7.99. The number of H-pyrrole nitrogens is 1. The van der Waals surface area contributed by atoms with Crippen LogP contribution in [-0.2, 0) is 17.9 Å². The van der Waals surface area contributed by atoms with Crippen LogP contribution in [0.4, 0.5) is 0 Å². The SMILES string of the molecule is CCn1c(SCC(=O)NCc2ccc3c(c2)OCO3)nnc1-c1c[nH]c2ccccc12. The number of aromatic amines is 1. The van der Waals surface area contributed by atoms with E-state index in [4.69, 9.17) is 9.47 Å². The molecule has 0 spiro atoms. The van der Waals surface area contributed by atoms with Crippen LogP contribution in [0.2, 0.25) is 0 Å². The molecule has 3 heterocycles. The molecule has 31 heavy (non-hydrogen) atoms. The average molecular weight is 436 g/mol. The molecule has 0 unspecified atom stereocenters. The minimum atomic E-state index is -0.0676.